The van der Waals surface area contributed by atoms with E-state index in [-0.39, 0.29) is 17.3 Å². The summed E-state index contributed by atoms with van der Waals surface area (Å²) in [5.41, 5.74) is 0.636. The molecule has 0 bridgehead atoms. The molecule has 0 fully saturated rings. The van der Waals surface area contributed by atoms with E-state index in [0.29, 0.717) is 5.56 Å². The lowest BCUT2D eigenvalue weighted by Gasteiger charge is -2.11. The van der Waals surface area contributed by atoms with E-state index in [1.807, 2.05) is 31.2 Å². The summed E-state index contributed by atoms with van der Waals surface area (Å²) >= 11 is 0. The minimum absolute atomic E-state index is 0.0471. The largest absolute Gasteiger partial charge is 0.449 e. The van der Waals surface area contributed by atoms with Gasteiger partial charge in [0.25, 0.3) is 5.89 Å². The van der Waals surface area contributed by atoms with Gasteiger partial charge in [0.05, 0.1) is 11.1 Å². The quantitative estimate of drug-likeness (QED) is 0.601. The molecule has 8 heteroatoms. The van der Waals surface area contributed by atoms with Crippen LogP contribution in [0, 0.1) is 6.92 Å². The molecule has 2 aromatic carbocycles. The lowest BCUT2D eigenvalue weighted by atomic mass is 10.1. The Bertz CT molecular complexity index is 949. The first-order chi connectivity index (χ1) is 12.7. The molecule has 0 spiro atoms. The molecule has 3 rings (SSSR count). The summed E-state index contributed by atoms with van der Waals surface area (Å²) in [6.07, 6.45) is -5.46. The minimum atomic E-state index is -4.54. The van der Waals surface area contributed by atoms with Crippen molar-refractivity contribution in [3.05, 3.63) is 71.1 Å². The number of carbonyl (C=O) groups is 1. The smallest absolute Gasteiger partial charge is 0.416 e. The summed E-state index contributed by atoms with van der Waals surface area (Å²) < 4.78 is 48.9. The van der Waals surface area contributed by atoms with Gasteiger partial charge in [-0.3, -0.25) is 0 Å². The number of rotatable bonds is 4. The van der Waals surface area contributed by atoms with Gasteiger partial charge in [-0.2, -0.15) is 13.2 Å². The molecule has 27 heavy (non-hydrogen) atoms. The van der Waals surface area contributed by atoms with Gasteiger partial charge in [0.2, 0.25) is 5.89 Å². The molecule has 5 nitrogen and oxygen atoms in total. The standard InChI is InChI=1S/C19H15F3N2O3/c1-11-6-8-13(9-7-11)17-24-23-16(27-17)12(2)26-18(25)14-4-3-5-15(10-14)19(20,21)22/h3-10,12H,1-2H3. The van der Waals surface area contributed by atoms with Gasteiger partial charge < -0.3 is 9.15 Å². The number of esters is 1. The van der Waals surface area contributed by atoms with Crippen LogP contribution in [-0.4, -0.2) is 16.2 Å². The highest BCUT2D eigenvalue weighted by molar-refractivity contribution is 5.89. The molecule has 0 aliphatic heterocycles. The third-order valence-electron chi connectivity index (χ3n) is 3.80. The van der Waals surface area contributed by atoms with Gasteiger partial charge in [-0.25, -0.2) is 4.79 Å². The molecule has 0 amide bonds. The zero-order valence-corrected chi connectivity index (χ0v) is 14.4. The Morgan fingerprint density at radius 3 is 2.48 bits per heavy atom. The zero-order valence-electron chi connectivity index (χ0n) is 14.4. The molecule has 0 saturated heterocycles. The molecule has 140 valence electrons. The predicted molar refractivity (Wildman–Crippen MR) is 89.7 cm³/mol. The summed E-state index contributed by atoms with van der Waals surface area (Å²) in [5, 5.41) is 7.75. The van der Waals surface area contributed by atoms with Gasteiger partial charge in [-0.1, -0.05) is 23.8 Å². The SMILES string of the molecule is Cc1ccc(-c2nnc(C(C)OC(=O)c3cccc(C(F)(F)F)c3)o2)cc1. The van der Waals surface area contributed by atoms with Gasteiger partial charge in [-0.05, 0) is 44.2 Å². The van der Waals surface area contributed by atoms with Crippen molar-refractivity contribution in [1.82, 2.24) is 10.2 Å². The minimum Gasteiger partial charge on any atom is -0.449 e. The second-order valence-electron chi connectivity index (χ2n) is 5.94. The van der Waals surface area contributed by atoms with Crippen LogP contribution < -0.4 is 0 Å². The van der Waals surface area contributed by atoms with Gasteiger partial charge in [0, 0.05) is 5.56 Å². The van der Waals surface area contributed by atoms with E-state index in [4.69, 9.17) is 9.15 Å². The molecule has 0 N–H and O–H groups in total. The number of carbonyl (C=O) groups excluding carboxylic acids is 1. The number of hydrogen-bond acceptors (Lipinski definition) is 5. The van der Waals surface area contributed by atoms with Crippen LogP contribution in [-0.2, 0) is 10.9 Å². The Hall–Kier alpha value is -3.16. The van der Waals surface area contributed by atoms with Crippen LogP contribution in [0.15, 0.2) is 52.9 Å². The van der Waals surface area contributed by atoms with Crippen LogP contribution >= 0.6 is 0 Å². The number of aryl methyl sites for hydroxylation is 1. The number of aromatic nitrogens is 2. The predicted octanol–water partition coefficient (Wildman–Crippen LogP) is 4.98. The van der Waals surface area contributed by atoms with Crippen molar-refractivity contribution in [2.75, 3.05) is 0 Å². The molecule has 0 aliphatic rings. The Labute approximate surface area is 152 Å². The third-order valence-corrected chi connectivity index (χ3v) is 3.80. The summed E-state index contributed by atoms with van der Waals surface area (Å²) in [6, 6.07) is 11.4. The molecule has 0 saturated carbocycles. The van der Waals surface area contributed by atoms with Crippen LogP contribution in [0.25, 0.3) is 11.5 Å². The zero-order chi connectivity index (χ0) is 19.6. The van der Waals surface area contributed by atoms with E-state index in [0.717, 1.165) is 23.8 Å². The van der Waals surface area contributed by atoms with E-state index in [1.54, 1.807) is 0 Å². The summed E-state index contributed by atoms with van der Waals surface area (Å²) in [5.74, 6) is -0.610. The highest BCUT2D eigenvalue weighted by Crippen LogP contribution is 2.30. The fourth-order valence-corrected chi connectivity index (χ4v) is 2.31. The maximum absolute atomic E-state index is 12.8. The fraction of sp³-hybridized carbons (Fsp3) is 0.211. The van der Waals surface area contributed by atoms with Crippen LogP contribution in [0.4, 0.5) is 13.2 Å². The van der Waals surface area contributed by atoms with Gasteiger partial charge in [0.15, 0.2) is 6.10 Å². The first-order valence-electron chi connectivity index (χ1n) is 8.03. The maximum Gasteiger partial charge on any atom is 0.416 e. The lowest BCUT2D eigenvalue weighted by Crippen LogP contribution is -2.12. The Morgan fingerprint density at radius 1 is 1.11 bits per heavy atom. The number of ether oxygens (including phenoxy) is 1. The highest BCUT2D eigenvalue weighted by Gasteiger charge is 2.31. The second-order valence-corrected chi connectivity index (χ2v) is 5.94. The highest BCUT2D eigenvalue weighted by atomic mass is 19.4. The van der Waals surface area contributed by atoms with Gasteiger partial charge in [-0.15, -0.1) is 10.2 Å². The number of nitrogens with zero attached hydrogens (tertiary/aromatic N) is 2. The lowest BCUT2D eigenvalue weighted by molar-refractivity contribution is -0.137. The second kappa shape index (κ2) is 7.22. The maximum atomic E-state index is 12.8. The molecule has 0 aliphatic carbocycles. The van der Waals surface area contributed by atoms with E-state index >= 15 is 0 Å². The van der Waals surface area contributed by atoms with Crippen molar-refractivity contribution in [3.63, 3.8) is 0 Å². The van der Waals surface area contributed by atoms with Crippen molar-refractivity contribution >= 4 is 5.97 Å². The topological polar surface area (TPSA) is 65.2 Å². The van der Waals surface area contributed by atoms with E-state index in [2.05, 4.69) is 10.2 Å². The Balaban J connectivity index is 1.73. The molecule has 1 atom stereocenters. The average Bonchev–Trinajstić information content (AvgIpc) is 3.12. The van der Waals surface area contributed by atoms with Crippen molar-refractivity contribution in [1.29, 1.82) is 0 Å². The normalized spacial score (nSPS) is 12.6. The molecule has 1 aromatic heterocycles. The molecule has 1 unspecified atom stereocenters. The number of alkyl halides is 3. The van der Waals surface area contributed by atoms with Crippen molar-refractivity contribution < 1.29 is 27.1 Å². The van der Waals surface area contributed by atoms with E-state index in [1.165, 1.54) is 13.0 Å². The fourth-order valence-electron chi connectivity index (χ4n) is 2.31. The first-order valence-corrected chi connectivity index (χ1v) is 8.03. The van der Waals surface area contributed by atoms with E-state index in [9.17, 15) is 18.0 Å². The summed E-state index contributed by atoms with van der Waals surface area (Å²) in [4.78, 5) is 12.1. The summed E-state index contributed by atoms with van der Waals surface area (Å²) in [7, 11) is 0. The van der Waals surface area contributed by atoms with Crippen LogP contribution in [0.5, 0.6) is 0 Å². The summed E-state index contributed by atoms with van der Waals surface area (Å²) in [6.45, 7) is 3.44. The molecule has 1 heterocycles. The van der Waals surface area contributed by atoms with Crippen LogP contribution in [0.2, 0.25) is 0 Å². The Kier molecular flexibility index (Phi) is 4.98. The van der Waals surface area contributed by atoms with Gasteiger partial charge >= 0.3 is 12.1 Å². The van der Waals surface area contributed by atoms with Crippen molar-refractivity contribution in [2.45, 2.75) is 26.1 Å². The molecule has 3 aromatic rings. The van der Waals surface area contributed by atoms with Crippen molar-refractivity contribution in [2.24, 2.45) is 0 Å². The Morgan fingerprint density at radius 2 is 1.81 bits per heavy atom. The molecule has 0 radical (unpaired) electrons. The molecular formula is C19H15F3N2O3. The number of halogens is 3. The molecular weight excluding hydrogens is 361 g/mol. The van der Waals surface area contributed by atoms with Gasteiger partial charge in [0.1, 0.15) is 0 Å². The van der Waals surface area contributed by atoms with Crippen LogP contribution in [0.3, 0.4) is 0 Å². The van der Waals surface area contributed by atoms with Crippen LogP contribution in [0.1, 0.15) is 40.4 Å². The number of hydrogen-bond donors (Lipinski definition) is 0. The number of benzene rings is 2. The first kappa shape index (κ1) is 18.6. The third kappa shape index (κ3) is 4.33. The van der Waals surface area contributed by atoms with Crippen molar-refractivity contribution in [3.8, 4) is 11.5 Å². The monoisotopic (exact) mass is 376 g/mol. The van der Waals surface area contributed by atoms with E-state index < -0.39 is 23.8 Å². The average molecular weight is 376 g/mol.